The molecule has 0 saturated carbocycles. The molecule has 20 heavy (non-hydrogen) atoms. The lowest BCUT2D eigenvalue weighted by molar-refractivity contribution is -0.132. The monoisotopic (exact) mass is 268 g/mol. The number of carbonyl (C=O) groups is 1. The topological polar surface area (TPSA) is 41.7 Å². The molecule has 1 aromatic carbocycles. The number of hydrogen-bond donors (Lipinski definition) is 1. The van der Waals surface area contributed by atoms with Gasteiger partial charge in [-0.2, -0.15) is 0 Å². The van der Waals surface area contributed by atoms with Crippen molar-refractivity contribution >= 4 is 12.0 Å². The van der Waals surface area contributed by atoms with E-state index in [0.29, 0.717) is 6.54 Å². The van der Waals surface area contributed by atoms with Crippen molar-refractivity contribution in [2.24, 2.45) is 0 Å². The van der Waals surface area contributed by atoms with Crippen LogP contribution in [0.15, 0.2) is 60.2 Å². The minimum atomic E-state index is -0.976. The zero-order chi connectivity index (χ0) is 14.6. The average molecular weight is 268 g/mol. The summed E-state index contributed by atoms with van der Waals surface area (Å²) >= 11 is 0. The second-order valence-corrected chi connectivity index (χ2v) is 4.04. The van der Waals surface area contributed by atoms with Crippen LogP contribution in [0.2, 0.25) is 0 Å². The van der Waals surface area contributed by atoms with Gasteiger partial charge in [-0.15, -0.1) is 0 Å². The summed E-state index contributed by atoms with van der Waals surface area (Å²) < 4.78 is 0. The molecule has 1 aromatic rings. The maximum atomic E-state index is 11.0. The Morgan fingerprint density at radius 3 is 2.75 bits per heavy atom. The lowest BCUT2D eigenvalue weighted by Gasteiger charge is -1.91. The van der Waals surface area contributed by atoms with Crippen molar-refractivity contribution in [3.63, 3.8) is 0 Å². The summed E-state index contributed by atoms with van der Waals surface area (Å²) in [5.74, 6) is -0.976. The highest BCUT2D eigenvalue weighted by atomic mass is 16.4. The van der Waals surface area contributed by atoms with Gasteiger partial charge in [-0.1, -0.05) is 54.3 Å². The van der Waals surface area contributed by atoms with Gasteiger partial charge in [-0.05, 0) is 17.7 Å². The second kappa shape index (κ2) is 9.35. The Balaban J connectivity index is 2.72. The van der Waals surface area contributed by atoms with Crippen molar-refractivity contribution in [3.05, 3.63) is 70.6 Å². The number of hydrogen-bond acceptors (Lipinski definition) is 1. The summed E-state index contributed by atoms with van der Waals surface area (Å²) in [5, 5.41) is 9.06. The van der Waals surface area contributed by atoms with E-state index in [1.807, 2.05) is 43.3 Å². The van der Waals surface area contributed by atoms with Crippen LogP contribution in [0.3, 0.4) is 0 Å². The number of carboxylic acid groups (broad SMARTS) is 1. The fourth-order valence-electron chi connectivity index (χ4n) is 1.38. The summed E-state index contributed by atoms with van der Waals surface area (Å²) in [6.07, 6.45) is 9.07. The van der Waals surface area contributed by atoms with Crippen molar-refractivity contribution in [1.82, 2.24) is 0 Å². The van der Waals surface area contributed by atoms with Gasteiger partial charge in [0.15, 0.2) is 0 Å². The molecule has 0 spiro atoms. The SMILES string of the molecule is CCC[N+]#CC=CC(=CC=Cc1ccccc1)C(=O)O. The van der Waals surface area contributed by atoms with Crippen LogP contribution < -0.4 is 0 Å². The summed E-state index contributed by atoms with van der Waals surface area (Å²) in [6, 6.07) is 12.4. The quantitative estimate of drug-likeness (QED) is 0.498. The largest absolute Gasteiger partial charge is 0.478 e. The highest BCUT2D eigenvalue weighted by molar-refractivity contribution is 5.90. The predicted octanol–water partition coefficient (Wildman–Crippen LogP) is 4.01. The van der Waals surface area contributed by atoms with Gasteiger partial charge in [0.1, 0.15) is 0 Å². The van der Waals surface area contributed by atoms with Crippen molar-refractivity contribution < 1.29 is 9.90 Å². The fourth-order valence-corrected chi connectivity index (χ4v) is 1.38. The van der Waals surface area contributed by atoms with Gasteiger partial charge in [0.25, 0.3) is 6.54 Å². The summed E-state index contributed by atoms with van der Waals surface area (Å²) in [6.45, 7) is 2.72. The first kappa shape index (κ1) is 15.5. The van der Waals surface area contributed by atoms with Crippen molar-refractivity contribution in [2.45, 2.75) is 13.3 Å². The van der Waals surface area contributed by atoms with Gasteiger partial charge in [0.05, 0.1) is 11.6 Å². The maximum absolute atomic E-state index is 11.0. The van der Waals surface area contributed by atoms with Crippen LogP contribution in [0.5, 0.6) is 0 Å². The Bertz CT molecular complexity index is 572. The van der Waals surface area contributed by atoms with Gasteiger partial charge >= 0.3 is 12.0 Å². The molecule has 3 nitrogen and oxygen atoms in total. The Hall–Kier alpha value is -2.60. The number of carboxylic acids is 1. The van der Waals surface area contributed by atoms with Gasteiger partial charge < -0.3 is 5.11 Å². The molecule has 0 bridgehead atoms. The van der Waals surface area contributed by atoms with Crippen LogP contribution in [-0.4, -0.2) is 17.6 Å². The van der Waals surface area contributed by atoms with E-state index < -0.39 is 5.97 Å². The van der Waals surface area contributed by atoms with Crippen LogP contribution in [0, 0.1) is 6.07 Å². The van der Waals surface area contributed by atoms with E-state index in [0.717, 1.165) is 12.0 Å². The Labute approximate surface area is 119 Å². The van der Waals surface area contributed by atoms with Crippen LogP contribution in [0.4, 0.5) is 0 Å². The number of rotatable bonds is 5. The van der Waals surface area contributed by atoms with Crippen molar-refractivity contribution in [3.8, 4) is 6.07 Å². The van der Waals surface area contributed by atoms with Crippen LogP contribution in [0.25, 0.3) is 10.9 Å². The zero-order valence-corrected chi connectivity index (χ0v) is 11.5. The average Bonchev–Trinajstić information content (AvgIpc) is 2.46. The van der Waals surface area contributed by atoms with E-state index in [9.17, 15) is 4.79 Å². The molecule has 0 aromatic heterocycles. The van der Waals surface area contributed by atoms with Gasteiger partial charge in [-0.25, -0.2) is 4.79 Å². The van der Waals surface area contributed by atoms with E-state index in [2.05, 4.69) is 10.9 Å². The van der Waals surface area contributed by atoms with E-state index in [4.69, 9.17) is 5.11 Å². The van der Waals surface area contributed by atoms with Gasteiger partial charge in [0.2, 0.25) is 0 Å². The molecule has 0 fully saturated rings. The minimum Gasteiger partial charge on any atom is -0.478 e. The molecule has 0 unspecified atom stereocenters. The van der Waals surface area contributed by atoms with Gasteiger partial charge in [0, 0.05) is 6.42 Å². The maximum Gasteiger partial charge on any atom is 0.335 e. The minimum absolute atomic E-state index is 0.191. The Morgan fingerprint density at radius 2 is 2.10 bits per heavy atom. The first-order chi connectivity index (χ1) is 9.74. The lowest BCUT2D eigenvalue weighted by Crippen LogP contribution is -1.96. The first-order valence-corrected chi connectivity index (χ1v) is 6.49. The third-order valence-electron chi connectivity index (χ3n) is 2.38. The summed E-state index contributed by atoms with van der Waals surface area (Å²) in [7, 11) is 0. The summed E-state index contributed by atoms with van der Waals surface area (Å²) in [5.41, 5.74) is 1.21. The predicted molar refractivity (Wildman–Crippen MR) is 82.7 cm³/mol. The van der Waals surface area contributed by atoms with Crippen molar-refractivity contribution in [2.75, 3.05) is 6.54 Å². The van der Waals surface area contributed by atoms with E-state index >= 15 is 0 Å². The van der Waals surface area contributed by atoms with E-state index in [-0.39, 0.29) is 5.57 Å². The van der Waals surface area contributed by atoms with Crippen LogP contribution in [-0.2, 0) is 4.79 Å². The number of aliphatic carboxylic acids is 1. The van der Waals surface area contributed by atoms with Gasteiger partial charge in [-0.3, -0.25) is 0 Å². The zero-order valence-electron chi connectivity index (χ0n) is 11.5. The third-order valence-corrected chi connectivity index (χ3v) is 2.38. The molecular formula is C17H18NO2+. The first-order valence-electron chi connectivity index (χ1n) is 6.49. The molecule has 0 saturated heterocycles. The standard InChI is InChI=1S/C17H17NO2/c1-2-13-18-14-7-12-16(17(19)20)11-6-10-15-8-4-3-5-9-15/h3-12H,2,13H2,1H3/p+1. The number of allylic oxidation sites excluding steroid dienone is 3. The highest BCUT2D eigenvalue weighted by Crippen LogP contribution is 2.03. The molecule has 102 valence electrons. The molecule has 0 aliphatic rings. The van der Waals surface area contributed by atoms with Crippen molar-refractivity contribution in [1.29, 1.82) is 0 Å². The second-order valence-electron chi connectivity index (χ2n) is 4.04. The highest BCUT2D eigenvalue weighted by Gasteiger charge is 2.00. The molecule has 0 amide bonds. The molecule has 0 atom stereocenters. The lowest BCUT2D eigenvalue weighted by atomic mass is 10.2. The third kappa shape index (κ3) is 6.36. The Morgan fingerprint density at radius 1 is 1.35 bits per heavy atom. The molecular weight excluding hydrogens is 250 g/mol. The fraction of sp³-hybridized carbons (Fsp3) is 0.176. The molecule has 0 aliphatic carbocycles. The molecule has 0 radical (unpaired) electrons. The van der Waals surface area contributed by atoms with Crippen LogP contribution >= 0.6 is 0 Å². The molecule has 1 N–H and O–H groups in total. The molecule has 1 rings (SSSR count). The normalized spacial score (nSPS) is 11.6. The van der Waals surface area contributed by atoms with Crippen LogP contribution in [0.1, 0.15) is 18.9 Å². The molecule has 3 heteroatoms. The molecule has 0 aliphatic heterocycles. The number of nitrogens with zero attached hydrogens (tertiary/aromatic N) is 1. The smallest absolute Gasteiger partial charge is 0.335 e. The molecule has 0 heterocycles. The Kier molecular flexibility index (Phi) is 7.22. The number of benzene rings is 1. The van der Waals surface area contributed by atoms with E-state index in [1.165, 1.54) is 12.2 Å². The summed E-state index contributed by atoms with van der Waals surface area (Å²) in [4.78, 5) is 15.0. The van der Waals surface area contributed by atoms with E-state index in [1.54, 1.807) is 12.2 Å².